The Morgan fingerprint density at radius 2 is 2.00 bits per heavy atom. The molecule has 1 N–H and O–H groups in total. The Morgan fingerprint density at radius 3 is 2.64 bits per heavy atom. The van der Waals surface area contributed by atoms with Crippen molar-refractivity contribution in [3.8, 4) is 0 Å². The third kappa shape index (κ3) is 5.10. The second kappa shape index (κ2) is 7.73. The molecule has 0 radical (unpaired) electrons. The van der Waals surface area contributed by atoms with Gasteiger partial charge in [0.15, 0.2) is 0 Å². The van der Waals surface area contributed by atoms with E-state index in [0.29, 0.717) is 6.61 Å². The predicted molar refractivity (Wildman–Crippen MR) is 82.7 cm³/mol. The molecule has 0 bridgehead atoms. The maximum absolute atomic E-state index is 11.5. The Hall–Kier alpha value is -1.41. The molecule has 7 heteroatoms. The predicted octanol–water partition coefficient (Wildman–Crippen LogP) is 1.05. The van der Waals surface area contributed by atoms with Crippen molar-refractivity contribution < 1.29 is 22.6 Å². The van der Waals surface area contributed by atoms with E-state index in [9.17, 15) is 8.42 Å². The number of sulfonamides is 1. The van der Waals surface area contributed by atoms with Crippen LogP contribution < -0.4 is 4.72 Å². The quantitative estimate of drug-likeness (QED) is 0.810. The van der Waals surface area contributed by atoms with Crippen LogP contribution in [-0.2, 0) is 30.8 Å². The molecule has 1 aromatic carbocycles. The van der Waals surface area contributed by atoms with Crippen molar-refractivity contribution in [1.82, 2.24) is 4.72 Å². The summed E-state index contributed by atoms with van der Waals surface area (Å²) in [5.74, 6) is 0. The average Bonchev–Trinajstić information content (AvgIpc) is 2.48. The molecule has 22 heavy (non-hydrogen) atoms. The van der Waals surface area contributed by atoms with Crippen LogP contribution in [0.1, 0.15) is 5.56 Å². The Morgan fingerprint density at radius 1 is 1.27 bits per heavy atom. The number of methoxy groups -OCH3 is 1. The van der Waals surface area contributed by atoms with Gasteiger partial charge in [-0.25, -0.2) is 13.1 Å². The van der Waals surface area contributed by atoms with Gasteiger partial charge in [-0.2, -0.15) is 0 Å². The standard InChI is InChI=1S/C15H21NO5S/c1-19-13-8-9-21-14(15(13)16-22(2,17)18)11-20-10-12-6-4-3-5-7-12/h3-9,13-16H,10-11H2,1-2H3/t13-,14+,15+/m0/s1. The van der Waals surface area contributed by atoms with Crippen LogP contribution in [0.3, 0.4) is 0 Å². The fraction of sp³-hybridized carbons (Fsp3) is 0.467. The van der Waals surface area contributed by atoms with E-state index in [1.54, 1.807) is 6.08 Å². The van der Waals surface area contributed by atoms with E-state index in [2.05, 4.69) is 4.72 Å². The summed E-state index contributed by atoms with van der Waals surface area (Å²) < 4.78 is 42.0. The highest BCUT2D eigenvalue weighted by atomic mass is 32.2. The van der Waals surface area contributed by atoms with E-state index in [0.717, 1.165) is 11.8 Å². The molecule has 1 heterocycles. The summed E-state index contributed by atoms with van der Waals surface area (Å²) in [4.78, 5) is 0. The van der Waals surface area contributed by atoms with Gasteiger partial charge in [-0.05, 0) is 11.6 Å². The molecular weight excluding hydrogens is 306 g/mol. The topological polar surface area (TPSA) is 73.9 Å². The van der Waals surface area contributed by atoms with Crippen LogP contribution in [-0.4, -0.2) is 46.6 Å². The SMILES string of the molecule is CO[C@H]1C=CO[C@H](COCc2ccccc2)[C@@H]1NS(C)(=O)=O. The van der Waals surface area contributed by atoms with Crippen LogP contribution in [0.2, 0.25) is 0 Å². The lowest BCUT2D eigenvalue weighted by Gasteiger charge is -2.33. The van der Waals surface area contributed by atoms with Gasteiger partial charge >= 0.3 is 0 Å². The summed E-state index contributed by atoms with van der Waals surface area (Å²) in [5.41, 5.74) is 1.05. The van der Waals surface area contributed by atoms with Gasteiger partial charge < -0.3 is 14.2 Å². The number of benzene rings is 1. The van der Waals surface area contributed by atoms with Crippen LogP contribution in [0, 0.1) is 0 Å². The average molecular weight is 327 g/mol. The molecule has 122 valence electrons. The molecule has 6 nitrogen and oxygen atoms in total. The Bertz CT molecular complexity index is 587. The molecule has 0 saturated carbocycles. The molecule has 0 aliphatic carbocycles. The molecule has 1 aliphatic heterocycles. The summed E-state index contributed by atoms with van der Waals surface area (Å²) >= 11 is 0. The van der Waals surface area contributed by atoms with E-state index in [1.165, 1.54) is 13.4 Å². The molecule has 0 aromatic heterocycles. The molecule has 0 amide bonds. The first-order valence-electron chi connectivity index (χ1n) is 6.93. The van der Waals surface area contributed by atoms with Crippen molar-refractivity contribution in [2.45, 2.75) is 24.9 Å². The van der Waals surface area contributed by atoms with Gasteiger partial charge in [-0.3, -0.25) is 0 Å². The monoisotopic (exact) mass is 327 g/mol. The molecule has 0 spiro atoms. The van der Waals surface area contributed by atoms with Gasteiger partial charge in [0.2, 0.25) is 10.0 Å². The molecule has 1 aromatic rings. The molecule has 3 atom stereocenters. The van der Waals surface area contributed by atoms with E-state index in [4.69, 9.17) is 14.2 Å². The first kappa shape index (κ1) is 17.0. The van der Waals surface area contributed by atoms with Gasteiger partial charge in [0, 0.05) is 7.11 Å². The van der Waals surface area contributed by atoms with Gasteiger partial charge in [-0.15, -0.1) is 0 Å². The first-order chi connectivity index (χ1) is 10.5. The van der Waals surface area contributed by atoms with Crippen molar-refractivity contribution in [3.05, 3.63) is 48.2 Å². The van der Waals surface area contributed by atoms with Crippen LogP contribution in [0.5, 0.6) is 0 Å². The van der Waals surface area contributed by atoms with Gasteiger partial charge in [0.25, 0.3) is 0 Å². The fourth-order valence-electron chi connectivity index (χ4n) is 2.27. The van der Waals surface area contributed by atoms with Gasteiger partial charge in [0.05, 0.1) is 37.9 Å². The third-order valence-corrected chi connectivity index (χ3v) is 3.99. The van der Waals surface area contributed by atoms with Crippen molar-refractivity contribution in [2.75, 3.05) is 20.0 Å². The van der Waals surface area contributed by atoms with Crippen LogP contribution in [0.4, 0.5) is 0 Å². The Kier molecular flexibility index (Phi) is 5.96. The van der Waals surface area contributed by atoms with E-state index >= 15 is 0 Å². The summed E-state index contributed by atoms with van der Waals surface area (Å²) in [7, 11) is -1.85. The largest absolute Gasteiger partial charge is 0.494 e. The van der Waals surface area contributed by atoms with Crippen molar-refractivity contribution in [1.29, 1.82) is 0 Å². The molecular formula is C15H21NO5S. The zero-order chi connectivity index (χ0) is 16.0. The summed E-state index contributed by atoms with van der Waals surface area (Å²) in [6.45, 7) is 0.694. The highest BCUT2D eigenvalue weighted by molar-refractivity contribution is 7.88. The fourth-order valence-corrected chi connectivity index (χ4v) is 3.05. The molecule has 0 fully saturated rings. The molecule has 2 rings (SSSR count). The molecule has 1 aliphatic rings. The third-order valence-electron chi connectivity index (χ3n) is 3.29. The Labute approximate surface area is 131 Å². The van der Waals surface area contributed by atoms with Crippen molar-refractivity contribution in [2.24, 2.45) is 0 Å². The maximum atomic E-state index is 11.5. The minimum atomic E-state index is -3.38. The second-order valence-electron chi connectivity index (χ2n) is 5.12. The Balaban J connectivity index is 1.96. The lowest BCUT2D eigenvalue weighted by Crippen LogP contribution is -2.54. The maximum Gasteiger partial charge on any atom is 0.209 e. The van der Waals surface area contributed by atoms with Gasteiger partial charge in [0.1, 0.15) is 6.10 Å². The van der Waals surface area contributed by atoms with E-state index in [-0.39, 0.29) is 6.61 Å². The minimum Gasteiger partial charge on any atom is -0.494 e. The normalized spacial score (nSPS) is 24.9. The number of nitrogens with one attached hydrogen (secondary N) is 1. The van der Waals surface area contributed by atoms with Crippen molar-refractivity contribution in [3.63, 3.8) is 0 Å². The summed E-state index contributed by atoms with van der Waals surface area (Å²) in [6.07, 6.45) is 3.46. The molecule has 0 saturated heterocycles. The minimum absolute atomic E-state index is 0.256. The van der Waals surface area contributed by atoms with Crippen LogP contribution in [0.15, 0.2) is 42.7 Å². The van der Waals surface area contributed by atoms with E-state index in [1.807, 2.05) is 30.3 Å². The first-order valence-corrected chi connectivity index (χ1v) is 8.82. The van der Waals surface area contributed by atoms with Crippen LogP contribution in [0.25, 0.3) is 0 Å². The summed E-state index contributed by atoms with van der Waals surface area (Å²) in [5, 5.41) is 0. The highest BCUT2D eigenvalue weighted by Gasteiger charge is 2.34. The number of rotatable bonds is 7. The molecule has 0 unspecified atom stereocenters. The van der Waals surface area contributed by atoms with Gasteiger partial charge in [-0.1, -0.05) is 30.3 Å². The second-order valence-corrected chi connectivity index (χ2v) is 6.90. The number of ether oxygens (including phenoxy) is 3. The lowest BCUT2D eigenvalue weighted by atomic mass is 10.0. The zero-order valence-electron chi connectivity index (χ0n) is 12.6. The smallest absolute Gasteiger partial charge is 0.209 e. The summed E-state index contributed by atoms with van der Waals surface area (Å²) in [6, 6.07) is 9.22. The zero-order valence-corrected chi connectivity index (χ0v) is 13.5. The van der Waals surface area contributed by atoms with Crippen LogP contribution >= 0.6 is 0 Å². The van der Waals surface area contributed by atoms with E-state index < -0.39 is 28.3 Å². The van der Waals surface area contributed by atoms with Crippen molar-refractivity contribution >= 4 is 10.0 Å². The lowest BCUT2D eigenvalue weighted by molar-refractivity contribution is -0.0375. The number of hydrogen-bond donors (Lipinski definition) is 1. The number of hydrogen-bond acceptors (Lipinski definition) is 5. The highest BCUT2D eigenvalue weighted by Crippen LogP contribution is 2.17.